The lowest BCUT2D eigenvalue weighted by Gasteiger charge is -2.36. The van der Waals surface area contributed by atoms with Crippen LogP contribution in [0.2, 0.25) is 0 Å². The molecular weight excluding hydrogens is 332 g/mol. The van der Waals surface area contributed by atoms with Crippen molar-refractivity contribution in [3.05, 3.63) is 27.2 Å². The van der Waals surface area contributed by atoms with E-state index in [1.165, 1.54) is 0 Å². The predicted molar refractivity (Wildman–Crippen MR) is 87.9 cm³/mol. The highest BCUT2D eigenvalue weighted by molar-refractivity contribution is 9.10. The second kappa shape index (κ2) is 7.12. The Bertz CT molecular complexity index is 495. The number of aliphatic hydroxyl groups is 1. The first-order valence-corrected chi connectivity index (χ1v) is 8.40. The van der Waals surface area contributed by atoms with Crippen molar-refractivity contribution < 1.29 is 14.6 Å². The Labute approximate surface area is 135 Å². The van der Waals surface area contributed by atoms with E-state index in [2.05, 4.69) is 15.9 Å². The van der Waals surface area contributed by atoms with Crippen molar-refractivity contribution in [3.8, 4) is 5.75 Å². The average molecular weight is 357 g/mol. The second-order valence-corrected chi connectivity index (χ2v) is 6.77. The minimum absolute atomic E-state index is 0.388. The van der Waals surface area contributed by atoms with Gasteiger partial charge in [0.15, 0.2) is 0 Å². The van der Waals surface area contributed by atoms with E-state index in [4.69, 9.17) is 9.47 Å². The minimum Gasteiger partial charge on any atom is -0.496 e. The van der Waals surface area contributed by atoms with Crippen LogP contribution in [0.4, 0.5) is 0 Å². The first kappa shape index (κ1) is 16.8. The van der Waals surface area contributed by atoms with Gasteiger partial charge in [0.2, 0.25) is 0 Å². The zero-order chi connectivity index (χ0) is 15.6. The average Bonchev–Trinajstić information content (AvgIpc) is 2.39. The third-order valence-corrected chi connectivity index (χ3v) is 5.22. The van der Waals surface area contributed by atoms with Crippen LogP contribution < -0.4 is 4.74 Å². The maximum absolute atomic E-state index is 10.7. The SMILES string of the molecule is CCOC1CC(CC(O)c2c(C)c(Br)cc(C)c2OC)C1. The van der Waals surface area contributed by atoms with Crippen molar-refractivity contribution in [3.63, 3.8) is 0 Å². The van der Waals surface area contributed by atoms with Crippen molar-refractivity contribution >= 4 is 15.9 Å². The van der Waals surface area contributed by atoms with E-state index in [-0.39, 0.29) is 0 Å². The largest absolute Gasteiger partial charge is 0.496 e. The Kier molecular flexibility index (Phi) is 5.69. The van der Waals surface area contributed by atoms with Gasteiger partial charge in [-0.25, -0.2) is 0 Å². The Morgan fingerprint density at radius 1 is 1.38 bits per heavy atom. The van der Waals surface area contributed by atoms with Gasteiger partial charge in [-0.2, -0.15) is 0 Å². The molecular formula is C17H25BrO3. The number of aliphatic hydroxyl groups excluding tert-OH is 1. The van der Waals surface area contributed by atoms with Gasteiger partial charge in [-0.15, -0.1) is 0 Å². The lowest BCUT2D eigenvalue weighted by molar-refractivity contribution is -0.0382. The number of methoxy groups -OCH3 is 1. The van der Waals surface area contributed by atoms with E-state index in [0.717, 1.165) is 52.8 Å². The Balaban J connectivity index is 2.11. The molecule has 0 radical (unpaired) electrons. The predicted octanol–water partition coefficient (Wildman–Crippen LogP) is 4.31. The van der Waals surface area contributed by atoms with Crippen molar-refractivity contribution in [2.45, 2.75) is 52.2 Å². The van der Waals surface area contributed by atoms with Crippen molar-refractivity contribution in [2.75, 3.05) is 13.7 Å². The molecule has 1 N–H and O–H groups in total. The summed E-state index contributed by atoms with van der Waals surface area (Å²) in [6.07, 6.45) is 2.79. The fourth-order valence-electron chi connectivity index (χ4n) is 3.22. The van der Waals surface area contributed by atoms with Crippen LogP contribution in [0.3, 0.4) is 0 Å². The number of hydrogen-bond acceptors (Lipinski definition) is 3. The summed E-state index contributed by atoms with van der Waals surface area (Å²) in [5.74, 6) is 1.35. The monoisotopic (exact) mass is 356 g/mol. The molecule has 0 aromatic heterocycles. The van der Waals surface area contributed by atoms with Gasteiger partial charge < -0.3 is 14.6 Å². The zero-order valence-corrected chi connectivity index (χ0v) is 14.9. The lowest BCUT2D eigenvalue weighted by atomic mass is 9.77. The second-order valence-electron chi connectivity index (χ2n) is 5.91. The third kappa shape index (κ3) is 3.61. The molecule has 1 unspecified atom stereocenters. The van der Waals surface area contributed by atoms with E-state index in [1.54, 1.807) is 7.11 Å². The zero-order valence-electron chi connectivity index (χ0n) is 13.3. The maximum atomic E-state index is 10.7. The molecule has 3 nitrogen and oxygen atoms in total. The normalized spacial score (nSPS) is 22.8. The molecule has 4 heteroatoms. The van der Waals surface area contributed by atoms with E-state index in [1.807, 2.05) is 26.8 Å². The van der Waals surface area contributed by atoms with Crippen molar-refractivity contribution in [1.82, 2.24) is 0 Å². The quantitative estimate of drug-likeness (QED) is 0.824. The van der Waals surface area contributed by atoms with Crippen LogP contribution in [-0.4, -0.2) is 24.9 Å². The third-order valence-electron chi connectivity index (χ3n) is 4.40. The highest BCUT2D eigenvalue weighted by Gasteiger charge is 2.32. The fraction of sp³-hybridized carbons (Fsp3) is 0.647. The first-order valence-electron chi connectivity index (χ1n) is 7.61. The van der Waals surface area contributed by atoms with E-state index >= 15 is 0 Å². The van der Waals surface area contributed by atoms with Crippen LogP contribution in [0.25, 0.3) is 0 Å². The molecule has 0 amide bonds. The minimum atomic E-state index is -0.483. The van der Waals surface area contributed by atoms with Crippen LogP contribution in [0.1, 0.15) is 49.0 Å². The molecule has 118 valence electrons. The van der Waals surface area contributed by atoms with Crippen molar-refractivity contribution in [2.24, 2.45) is 5.92 Å². The van der Waals surface area contributed by atoms with Crippen LogP contribution in [-0.2, 0) is 4.74 Å². The first-order chi connectivity index (χ1) is 9.97. The summed E-state index contributed by atoms with van der Waals surface area (Å²) in [6.45, 7) is 6.83. The molecule has 0 saturated heterocycles. The summed E-state index contributed by atoms with van der Waals surface area (Å²) < 4.78 is 12.1. The molecule has 1 aromatic rings. The molecule has 0 heterocycles. The van der Waals surface area contributed by atoms with Gasteiger partial charge in [0, 0.05) is 16.6 Å². The summed E-state index contributed by atoms with van der Waals surface area (Å²) in [5, 5.41) is 10.7. The molecule has 1 aliphatic carbocycles. The molecule has 1 aromatic carbocycles. The summed E-state index contributed by atoms with van der Waals surface area (Å²) in [5.41, 5.74) is 3.03. The summed E-state index contributed by atoms with van der Waals surface area (Å²) >= 11 is 3.57. The number of hydrogen-bond donors (Lipinski definition) is 1. The summed E-state index contributed by atoms with van der Waals surface area (Å²) in [7, 11) is 1.67. The lowest BCUT2D eigenvalue weighted by Crippen LogP contribution is -2.32. The molecule has 21 heavy (non-hydrogen) atoms. The van der Waals surface area contributed by atoms with Gasteiger partial charge in [0.25, 0.3) is 0 Å². The Morgan fingerprint density at radius 2 is 2.05 bits per heavy atom. The standard InChI is InChI=1S/C17H25BrO3/c1-5-21-13-7-12(8-13)9-15(19)16-11(3)14(18)6-10(2)17(16)20-4/h6,12-13,15,19H,5,7-9H2,1-4H3. The molecule has 1 fully saturated rings. The van der Waals surface area contributed by atoms with E-state index in [9.17, 15) is 5.11 Å². The number of benzene rings is 1. The Morgan fingerprint density at radius 3 is 2.62 bits per heavy atom. The molecule has 2 rings (SSSR count). The highest BCUT2D eigenvalue weighted by Crippen LogP contribution is 2.42. The van der Waals surface area contributed by atoms with Gasteiger partial charge in [-0.1, -0.05) is 15.9 Å². The topological polar surface area (TPSA) is 38.7 Å². The summed E-state index contributed by atoms with van der Waals surface area (Å²) in [4.78, 5) is 0. The fourth-order valence-corrected chi connectivity index (χ4v) is 3.78. The van der Waals surface area contributed by atoms with Crippen LogP contribution >= 0.6 is 15.9 Å². The highest BCUT2D eigenvalue weighted by atomic mass is 79.9. The number of ether oxygens (including phenoxy) is 2. The molecule has 0 spiro atoms. The van der Waals surface area contributed by atoms with Gasteiger partial charge >= 0.3 is 0 Å². The molecule has 1 atom stereocenters. The van der Waals surface area contributed by atoms with Gasteiger partial charge in [0.1, 0.15) is 5.75 Å². The molecule has 0 aliphatic heterocycles. The van der Waals surface area contributed by atoms with E-state index in [0.29, 0.717) is 12.0 Å². The smallest absolute Gasteiger partial charge is 0.127 e. The van der Waals surface area contributed by atoms with E-state index < -0.39 is 6.10 Å². The van der Waals surface area contributed by atoms with Gasteiger partial charge in [0.05, 0.1) is 19.3 Å². The Hall–Kier alpha value is -0.580. The maximum Gasteiger partial charge on any atom is 0.127 e. The van der Waals surface area contributed by atoms with Crippen molar-refractivity contribution in [1.29, 1.82) is 0 Å². The molecule has 1 saturated carbocycles. The molecule has 1 aliphatic rings. The van der Waals surface area contributed by atoms with Crippen LogP contribution in [0, 0.1) is 19.8 Å². The number of aryl methyl sites for hydroxylation is 1. The number of halogens is 1. The number of rotatable bonds is 6. The molecule has 0 bridgehead atoms. The summed E-state index contributed by atoms with van der Waals surface area (Å²) in [6, 6.07) is 2.04. The van der Waals surface area contributed by atoms with Gasteiger partial charge in [-0.05, 0) is 63.1 Å². The van der Waals surface area contributed by atoms with Crippen LogP contribution in [0.5, 0.6) is 5.75 Å². The van der Waals surface area contributed by atoms with Gasteiger partial charge in [-0.3, -0.25) is 0 Å². The van der Waals surface area contributed by atoms with Crippen LogP contribution in [0.15, 0.2) is 10.5 Å².